The Labute approximate surface area is 160 Å². The lowest BCUT2D eigenvalue weighted by Gasteiger charge is -2.36. The van der Waals surface area contributed by atoms with Crippen LogP contribution < -0.4 is 0 Å². The summed E-state index contributed by atoms with van der Waals surface area (Å²) in [4.78, 5) is 24.8. The molecule has 2 aromatic rings. The zero-order valence-electron chi connectivity index (χ0n) is 15.0. The van der Waals surface area contributed by atoms with Gasteiger partial charge in [-0.05, 0) is 22.3 Å². The van der Waals surface area contributed by atoms with Crippen LogP contribution in [0.2, 0.25) is 0 Å². The molecule has 0 radical (unpaired) electrons. The fourth-order valence-electron chi connectivity index (χ4n) is 4.05. The van der Waals surface area contributed by atoms with E-state index in [1.54, 1.807) is 0 Å². The normalized spacial score (nSPS) is 20.4. The van der Waals surface area contributed by atoms with E-state index in [0.717, 1.165) is 27.2 Å². The summed E-state index contributed by atoms with van der Waals surface area (Å²) >= 11 is 0. The lowest BCUT2D eigenvalue weighted by Crippen LogP contribution is -2.53. The van der Waals surface area contributed by atoms with E-state index in [0.29, 0.717) is 0 Å². The molecule has 146 valence electrons. The smallest absolute Gasteiger partial charge is 0.410 e. The Hall–Kier alpha value is -2.96. The van der Waals surface area contributed by atoms with Crippen LogP contribution in [-0.4, -0.2) is 47.2 Å². The van der Waals surface area contributed by atoms with Crippen molar-refractivity contribution in [2.45, 2.75) is 30.7 Å². The molecule has 0 bridgehead atoms. The fraction of sp³-hybridized carbons (Fsp3) is 0.333. The maximum atomic E-state index is 13.6. The lowest BCUT2D eigenvalue weighted by atomic mass is 9.98. The van der Waals surface area contributed by atoms with Gasteiger partial charge in [-0.3, -0.25) is 4.90 Å². The number of carbonyl (C=O) groups is 2. The summed E-state index contributed by atoms with van der Waals surface area (Å²) in [6.45, 7) is -0.327. The molecule has 28 heavy (non-hydrogen) atoms. The molecule has 1 N–H and O–H groups in total. The van der Waals surface area contributed by atoms with Crippen LogP contribution in [-0.2, 0) is 9.53 Å². The van der Waals surface area contributed by atoms with E-state index in [2.05, 4.69) is 0 Å². The Morgan fingerprint density at radius 2 is 1.64 bits per heavy atom. The van der Waals surface area contributed by atoms with Gasteiger partial charge in [-0.15, -0.1) is 0 Å². The monoisotopic (exact) mass is 387 g/mol. The number of carboxylic acids is 1. The van der Waals surface area contributed by atoms with E-state index in [4.69, 9.17) is 4.74 Å². The Morgan fingerprint density at radius 1 is 1.07 bits per heavy atom. The molecule has 7 heteroatoms. The summed E-state index contributed by atoms with van der Waals surface area (Å²) in [5.41, 5.74) is 4.19. The van der Waals surface area contributed by atoms with Gasteiger partial charge in [-0.1, -0.05) is 48.5 Å². The van der Waals surface area contributed by atoms with Gasteiger partial charge in [0.05, 0.1) is 0 Å². The van der Waals surface area contributed by atoms with Crippen LogP contribution in [0.5, 0.6) is 0 Å². The first-order chi connectivity index (χ1) is 13.4. The second-order valence-electron chi connectivity index (χ2n) is 7.16. The predicted octanol–water partition coefficient (Wildman–Crippen LogP) is 4.12. The lowest BCUT2D eigenvalue weighted by molar-refractivity contribution is -0.152. The first-order valence-corrected chi connectivity index (χ1v) is 9.09. The largest absolute Gasteiger partial charge is 0.480 e. The van der Waals surface area contributed by atoms with E-state index >= 15 is 0 Å². The molecule has 1 fully saturated rings. The minimum atomic E-state index is -3.09. The second-order valence-corrected chi connectivity index (χ2v) is 7.16. The third-order valence-electron chi connectivity index (χ3n) is 5.44. The van der Waals surface area contributed by atoms with Crippen molar-refractivity contribution in [2.75, 3.05) is 13.2 Å². The second kappa shape index (κ2) is 6.89. The van der Waals surface area contributed by atoms with Gasteiger partial charge in [0.15, 0.2) is 0 Å². The number of ether oxygens (including phenoxy) is 1. The molecule has 0 unspecified atom stereocenters. The van der Waals surface area contributed by atoms with Crippen molar-refractivity contribution >= 4 is 12.1 Å². The molecule has 1 saturated heterocycles. The molecule has 2 aromatic carbocycles. The highest BCUT2D eigenvalue weighted by Crippen LogP contribution is 2.44. The standard InChI is InChI=1S/C21H19F2NO4/c22-21(23)9-10-24(18(11-21)19(25)26)20(27)28-12-17-15-7-3-1-5-13(15)14-6-2-4-8-16(14)17/h1-8,17-18H,9-12H2,(H,25,26)/t18-/m0/s1. The van der Waals surface area contributed by atoms with E-state index in [1.165, 1.54) is 0 Å². The number of rotatable bonds is 3. The van der Waals surface area contributed by atoms with Crippen LogP contribution in [0.25, 0.3) is 11.1 Å². The number of carbonyl (C=O) groups excluding carboxylic acids is 1. The number of carboxylic acid groups (broad SMARTS) is 1. The topological polar surface area (TPSA) is 66.8 Å². The van der Waals surface area contributed by atoms with E-state index in [-0.39, 0.29) is 19.1 Å². The first-order valence-electron chi connectivity index (χ1n) is 9.09. The molecular weight excluding hydrogens is 368 g/mol. The van der Waals surface area contributed by atoms with Gasteiger partial charge in [0.25, 0.3) is 5.92 Å². The molecule has 1 amide bonds. The average molecular weight is 387 g/mol. The number of nitrogens with zero attached hydrogens (tertiary/aromatic N) is 1. The molecule has 0 aromatic heterocycles. The zero-order valence-corrected chi connectivity index (χ0v) is 15.0. The zero-order chi connectivity index (χ0) is 19.9. The van der Waals surface area contributed by atoms with E-state index in [1.807, 2.05) is 48.5 Å². The van der Waals surface area contributed by atoms with Crippen LogP contribution in [0.4, 0.5) is 13.6 Å². The maximum Gasteiger partial charge on any atom is 0.410 e. The number of amides is 1. The van der Waals surface area contributed by atoms with Crippen LogP contribution >= 0.6 is 0 Å². The summed E-state index contributed by atoms with van der Waals surface area (Å²) in [6, 6.07) is 14.1. The van der Waals surface area contributed by atoms with Crippen molar-refractivity contribution in [3.05, 3.63) is 59.7 Å². The van der Waals surface area contributed by atoms with Gasteiger partial charge >= 0.3 is 12.1 Å². The summed E-state index contributed by atoms with van der Waals surface area (Å²) in [6.07, 6.45) is -2.34. The number of alkyl halides is 2. The molecule has 0 saturated carbocycles. The van der Waals surface area contributed by atoms with Crippen LogP contribution in [0.3, 0.4) is 0 Å². The molecule has 1 aliphatic carbocycles. The molecule has 0 spiro atoms. The number of hydrogen-bond acceptors (Lipinski definition) is 3. The Kier molecular flexibility index (Phi) is 4.53. The van der Waals surface area contributed by atoms with Crippen LogP contribution in [0.15, 0.2) is 48.5 Å². The van der Waals surface area contributed by atoms with E-state index in [9.17, 15) is 23.5 Å². The SMILES string of the molecule is O=C(O)[C@@H]1CC(F)(F)CCN1C(=O)OCC1c2ccccc2-c2ccccc21. The van der Waals surface area contributed by atoms with Crippen molar-refractivity contribution in [1.82, 2.24) is 4.90 Å². The molecule has 1 heterocycles. The number of fused-ring (bicyclic) bond motifs is 3. The quantitative estimate of drug-likeness (QED) is 0.860. The fourth-order valence-corrected chi connectivity index (χ4v) is 4.05. The number of aliphatic carboxylic acids is 1. The highest BCUT2D eigenvalue weighted by atomic mass is 19.3. The summed E-state index contributed by atoms with van der Waals surface area (Å²) in [5.74, 6) is -4.72. The summed E-state index contributed by atoms with van der Waals surface area (Å²) in [5, 5.41) is 9.25. The molecule has 1 aliphatic heterocycles. The number of halogens is 2. The Balaban J connectivity index is 1.52. The summed E-state index contributed by atoms with van der Waals surface area (Å²) < 4.78 is 32.6. The van der Waals surface area contributed by atoms with Gasteiger partial charge in [-0.25, -0.2) is 18.4 Å². The first kappa shape index (κ1) is 18.4. The van der Waals surface area contributed by atoms with Crippen molar-refractivity contribution in [2.24, 2.45) is 0 Å². The van der Waals surface area contributed by atoms with Gasteiger partial charge in [0, 0.05) is 25.3 Å². The maximum absolute atomic E-state index is 13.6. The predicted molar refractivity (Wildman–Crippen MR) is 97.4 cm³/mol. The van der Waals surface area contributed by atoms with Gasteiger partial charge in [0.1, 0.15) is 12.6 Å². The average Bonchev–Trinajstić information content (AvgIpc) is 2.99. The number of likely N-dealkylation sites (tertiary alicyclic amines) is 1. The molecule has 4 rings (SSSR count). The van der Waals surface area contributed by atoms with Gasteiger partial charge < -0.3 is 9.84 Å². The number of hydrogen-bond donors (Lipinski definition) is 1. The number of benzene rings is 2. The minimum Gasteiger partial charge on any atom is -0.480 e. The van der Waals surface area contributed by atoms with Crippen LogP contribution in [0, 0.1) is 0 Å². The van der Waals surface area contributed by atoms with Crippen molar-refractivity contribution in [3.63, 3.8) is 0 Å². The van der Waals surface area contributed by atoms with Crippen molar-refractivity contribution < 1.29 is 28.2 Å². The summed E-state index contributed by atoms with van der Waals surface area (Å²) in [7, 11) is 0. The van der Waals surface area contributed by atoms with Gasteiger partial charge in [0.2, 0.25) is 0 Å². The molecular formula is C21H19F2NO4. The Bertz CT molecular complexity index is 885. The molecule has 2 aliphatic rings. The highest BCUT2D eigenvalue weighted by Gasteiger charge is 2.46. The van der Waals surface area contributed by atoms with E-state index < -0.39 is 36.9 Å². The molecule has 1 atom stereocenters. The highest BCUT2D eigenvalue weighted by molar-refractivity contribution is 5.81. The molecule has 5 nitrogen and oxygen atoms in total. The Morgan fingerprint density at radius 3 is 2.21 bits per heavy atom. The third-order valence-corrected chi connectivity index (χ3v) is 5.44. The third kappa shape index (κ3) is 3.21. The van der Waals surface area contributed by atoms with Gasteiger partial charge in [-0.2, -0.15) is 0 Å². The number of piperidine rings is 1. The van der Waals surface area contributed by atoms with Crippen molar-refractivity contribution in [3.8, 4) is 11.1 Å². The van der Waals surface area contributed by atoms with Crippen molar-refractivity contribution in [1.29, 1.82) is 0 Å². The van der Waals surface area contributed by atoms with Crippen LogP contribution in [0.1, 0.15) is 29.9 Å². The minimum absolute atomic E-state index is 0.0199.